The summed E-state index contributed by atoms with van der Waals surface area (Å²) in [5.41, 5.74) is 2.20. The lowest BCUT2D eigenvalue weighted by Gasteiger charge is -2.07. The number of hydrogen-bond donors (Lipinski definition) is 0. The van der Waals surface area contributed by atoms with Gasteiger partial charge in [-0.15, -0.1) is 11.3 Å². The molecule has 4 heteroatoms. The highest BCUT2D eigenvalue weighted by Crippen LogP contribution is 2.29. The summed E-state index contributed by atoms with van der Waals surface area (Å²) in [5, 5.41) is 3.32. The Morgan fingerprint density at radius 2 is 2.25 bits per heavy atom. The van der Waals surface area contributed by atoms with Crippen molar-refractivity contribution in [1.29, 1.82) is 0 Å². The molecule has 0 fully saturated rings. The van der Waals surface area contributed by atoms with E-state index in [1.165, 1.54) is 0 Å². The molecule has 0 N–H and O–H groups in total. The van der Waals surface area contributed by atoms with Crippen LogP contribution in [0, 0.1) is 6.92 Å². The summed E-state index contributed by atoms with van der Waals surface area (Å²) in [6.45, 7) is 4.70. The van der Waals surface area contributed by atoms with Gasteiger partial charge < -0.3 is 4.74 Å². The van der Waals surface area contributed by atoms with Crippen LogP contribution in [0.5, 0.6) is 5.75 Å². The molecule has 2 nitrogen and oxygen atoms in total. The summed E-state index contributed by atoms with van der Waals surface area (Å²) in [7, 11) is 0. The number of nitrogens with zero attached hydrogens (tertiary/aromatic N) is 1. The Morgan fingerprint density at radius 1 is 1.44 bits per heavy atom. The Kier molecular flexibility index (Phi) is 3.46. The number of aromatic nitrogens is 1. The van der Waals surface area contributed by atoms with Crippen LogP contribution in [0.3, 0.4) is 0 Å². The summed E-state index contributed by atoms with van der Waals surface area (Å²) in [5.74, 6) is 0.925. The molecule has 2 rings (SSSR count). The van der Waals surface area contributed by atoms with Crippen molar-refractivity contribution in [2.24, 2.45) is 0 Å². The quantitative estimate of drug-likeness (QED) is 0.819. The minimum Gasteiger partial charge on any atom is -0.494 e. The first-order chi connectivity index (χ1) is 7.70. The highest BCUT2D eigenvalue weighted by Gasteiger charge is 2.06. The summed E-state index contributed by atoms with van der Waals surface area (Å²) in [6, 6.07) is 6.05. The van der Waals surface area contributed by atoms with Crippen LogP contribution in [0.25, 0.3) is 10.6 Å². The Balaban J connectivity index is 2.34. The average molecular weight is 254 g/mol. The van der Waals surface area contributed by atoms with Gasteiger partial charge in [0.1, 0.15) is 15.9 Å². The lowest BCUT2D eigenvalue weighted by molar-refractivity contribution is 0.338. The number of ether oxygens (including phenoxy) is 1. The molecule has 0 bridgehead atoms. The van der Waals surface area contributed by atoms with Crippen molar-refractivity contribution in [3.63, 3.8) is 0 Å². The molecule has 0 saturated heterocycles. The van der Waals surface area contributed by atoms with Crippen LogP contribution in [-0.4, -0.2) is 11.6 Å². The molecule has 2 aromatic rings. The third kappa shape index (κ3) is 2.36. The van der Waals surface area contributed by atoms with Crippen LogP contribution in [0.2, 0.25) is 5.15 Å². The van der Waals surface area contributed by atoms with Gasteiger partial charge in [-0.25, -0.2) is 4.98 Å². The summed E-state index contributed by atoms with van der Waals surface area (Å²) < 4.78 is 5.49. The van der Waals surface area contributed by atoms with Crippen molar-refractivity contribution >= 4 is 22.9 Å². The van der Waals surface area contributed by atoms with Gasteiger partial charge in [-0.1, -0.05) is 11.6 Å². The topological polar surface area (TPSA) is 22.1 Å². The van der Waals surface area contributed by atoms with Crippen molar-refractivity contribution in [2.75, 3.05) is 6.61 Å². The third-order valence-electron chi connectivity index (χ3n) is 2.20. The van der Waals surface area contributed by atoms with Gasteiger partial charge in [0.05, 0.1) is 6.61 Å². The van der Waals surface area contributed by atoms with Gasteiger partial charge in [0.25, 0.3) is 0 Å². The maximum atomic E-state index is 5.81. The van der Waals surface area contributed by atoms with Crippen molar-refractivity contribution in [3.05, 3.63) is 34.3 Å². The zero-order valence-electron chi connectivity index (χ0n) is 9.16. The maximum Gasteiger partial charge on any atom is 0.140 e. The SMILES string of the molecule is CCOc1ccc(-c2nc(Cl)cs2)cc1C. The smallest absolute Gasteiger partial charge is 0.140 e. The van der Waals surface area contributed by atoms with Gasteiger partial charge in [-0.2, -0.15) is 0 Å². The van der Waals surface area contributed by atoms with Gasteiger partial charge >= 0.3 is 0 Å². The first-order valence-corrected chi connectivity index (χ1v) is 6.31. The van der Waals surface area contributed by atoms with Crippen molar-refractivity contribution in [2.45, 2.75) is 13.8 Å². The lowest BCUT2D eigenvalue weighted by Crippen LogP contribution is -1.93. The number of hydrogen-bond acceptors (Lipinski definition) is 3. The van der Waals surface area contributed by atoms with Gasteiger partial charge in [0, 0.05) is 10.9 Å². The highest BCUT2D eigenvalue weighted by atomic mass is 35.5. The molecular weight excluding hydrogens is 242 g/mol. The Labute approximate surface area is 104 Å². The summed E-state index contributed by atoms with van der Waals surface area (Å²) in [4.78, 5) is 4.24. The third-order valence-corrected chi connectivity index (χ3v) is 3.41. The van der Waals surface area contributed by atoms with E-state index in [4.69, 9.17) is 16.3 Å². The molecule has 1 aromatic heterocycles. The van der Waals surface area contributed by atoms with Gasteiger partial charge in [-0.3, -0.25) is 0 Å². The van der Waals surface area contributed by atoms with Crippen LogP contribution in [0.15, 0.2) is 23.6 Å². The molecule has 0 spiro atoms. The molecule has 84 valence electrons. The van der Waals surface area contributed by atoms with E-state index in [9.17, 15) is 0 Å². The zero-order chi connectivity index (χ0) is 11.5. The van der Waals surface area contributed by atoms with E-state index < -0.39 is 0 Å². The van der Waals surface area contributed by atoms with E-state index in [-0.39, 0.29) is 0 Å². The molecule has 0 atom stereocenters. The molecule has 0 aliphatic heterocycles. The maximum absolute atomic E-state index is 5.81. The van der Waals surface area contributed by atoms with Crippen molar-refractivity contribution in [3.8, 4) is 16.3 Å². The van der Waals surface area contributed by atoms with Crippen LogP contribution in [0.4, 0.5) is 0 Å². The number of halogens is 1. The zero-order valence-corrected chi connectivity index (χ0v) is 10.7. The Bertz CT molecular complexity index is 496. The first-order valence-electron chi connectivity index (χ1n) is 5.05. The Morgan fingerprint density at radius 3 is 2.81 bits per heavy atom. The minimum atomic E-state index is 0.548. The van der Waals surface area contributed by atoms with E-state index in [1.807, 2.05) is 31.4 Å². The molecule has 1 aromatic carbocycles. The molecule has 0 radical (unpaired) electrons. The van der Waals surface area contributed by atoms with E-state index in [2.05, 4.69) is 11.1 Å². The standard InChI is InChI=1S/C12H12ClNOS/c1-3-15-10-5-4-9(6-8(10)2)12-14-11(13)7-16-12/h4-7H,3H2,1-2H3. The van der Waals surface area contributed by atoms with Gasteiger partial charge in [-0.05, 0) is 37.6 Å². The minimum absolute atomic E-state index is 0.548. The van der Waals surface area contributed by atoms with Crippen molar-refractivity contribution in [1.82, 2.24) is 4.98 Å². The summed E-state index contributed by atoms with van der Waals surface area (Å²) in [6.07, 6.45) is 0. The largest absolute Gasteiger partial charge is 0.494 e. The fourth-order valence-corrected chi connectivity index (χ4v) is 2.43. The fourth-order valence-electron chi connectivity index (χ4n) is 1.49. The normalized spacial score (nSPS) is 10.4. The van der Waals surface area contributed by atoms with E-state index >= 15 is 0 Å². The van der Waals surface area contributed by atoms with Crippen molar-refractivity contribution < 1.29 is 4.74 Å². The van der Waals surface area contributed by atoms with E-state index in [1.54, 1.807) is 11.3 Å². The highest BCUT2D eigenvalue weighted by molar-refractivity contribution is 7.13. The van der Waals surface area contributed by atoms with Gasteiger partial charge in [0.15, 0.2) is 0 Å². The second-order valence-corrected chi connectivity index (χ2v) is 4.63. The molecule has 0 amide bonds. The molecule has 0 aliphatic carbocycles. The van der Waals surface area contributed by atoms with Gasteiger partial charge in [0.2, 0.25) is 0 Å². The monoisotopic (exact) mass is 253 g/mol. The fraction of sp³-hybridized carbons (Fsp3) is 0.250. The predicted octanol–water partition coefficient (Wildman–Crippen LogP) is 4.17. The predicted molar refractivity (Wildman–Crippen MR) is 68.5 cm³/mol. The molecule has 0 saturated carbocycles. The number of aryl methyl sites for hydroxylation is 1. The Hall–Kier alpha value is -1.06. The molecule has 16 heavy (non-hydrogen) atoms. The van der Waals surface area contributed by atoms with Crippen LogP contribution < -0.4 is 4.74 Å². The van der Waals surface area contributed by atoms with Crippen LogP contribution in [-0.2, 0) is 0 Å². The van der Waals surface area contributed by atoms with Crippen LogP contribution >= 0.6 is 22.9 Å². The number of thiazole rings is 1. The molecule has 0 unspecified atom stereocenters. The van der Waals surface area contributed by atoms with Crippen LogP contribution in [0.1, 0.15) is 12.5 Å². The molecule has 1 heterocycles. The molecule has 0 aliphatic rings. The van der Waals surface area contributed by atoms with E-state index in [0.29, 0.717) is 11.8 Å². The second-order valence-electron chi connectivity index (χ2n) is 3.39. The average Bonchev–Trinajstić information content (AvgIpc) is 2.68. The lowest BCUT2D eigenvalue weighted by atomic mass is 10.1. The molecular formula is C12H12ClNOS. The number of rotatable bonds is 3. The first kappa shape index (κ1) is 11.4. The van der Waals surface area contributed by atoms with E-state index in [0.717, 1.165) is 21.9 Å². The second kappa shape index (κ2) is 4.85. The number of benzene rings is 1. The summed E-state index contributed by atoms with van der Waals surface area (Å²) >= 11 is 7.35.